The smallest absolute Gasteiger partial charge is 0.143 e. The van der Waals surface area contributed by atoms with Gasteiger partial charge in [-0.1, -0.05) is 152 Å². The van der Waals surface area contributed by atoms with Gasteiger partial charge in [0.2, 0.25) is 0 Å². The number of hydrogen-bond acceptors (Lipinski definition) is 2. The van der Waals surface area contributed by atoms with Crippen LogP contribution in [0.4, 0.5) is 17.1 Å². The van der Waals surface area contributed by atoms with Crippen molar-refractivity contribution < 1.29 is 4.42 Å². The predicted octanol–water partition coefficient (Wildman–Crippen LogP) is 14.4. The van der Waals surface area contributed by atoms with Gasteiger partial charge >= 0.3 is 0 Å². The third-order valence-corrected chi connectivity index (χ3v) is 10.3. The molecule has 0 N–H and O–H groups in total. The molecular weight excluding hydrogens is 631 g/mol. The fourth-order valence-corrected chi connectivity index (χ4v) is 7.62. The molecule has 10 rings (SSSR count). The first-order chi connectivity index (χ1) is 25.8. The maximum Gasteiger partial charge on any atom is 0.143 e. The van der Waals surface area contributed by atoms with Gasteiger partial charge in [-0.3, -0.25) is 0 Å². The van der Waals surface area contributed by atoms with Crippen LogP contribution in [0.25, 0.3) is 76.9 Å². The molecule has 0 bridgehead atoms. The highest BCUT2D eigenvalue weighted by Gasteiger charge is 2.19. The molecule has 1 heterocycles. The Morgan fingerprint density at radius 3 is 1.69 bits per heavy atom. The average molecular weight is 664 g/mol. The SMILES string of the molecule is c1ccc(-c2ccc(-c3ccc(N(c4ccc5ccccc5c4)c4ccccc4-c4ccc5oc6c7ccccc7ccc6c5c4)cc3)cc2)cc1. The summed E-state index contributed by atoms with van der Waals surface area (Å²) in [5, 5.41) is 6.99. The topological polar surface area (TPSA) is 16.4 Å². The van der Waals surface area contributed by atoms with Gasteiger partial charge in [0.15, 0.2) is 0 Å². The van der Waals surface area contributed by atoms with Gasteiger partial charge in [0.05, 0.1) is 5.69 Å². The summed E-state index contributed by atoms with van der Waals surface area (Å²) in [6.07, 6.45) is 0. The fourth-order valence-electron chi connectivity index (χ4n) is 7.62. The lowest BCUT2D eigenvalue weighted by atomic mass is 9.98. The van der Waals surface area contributed by atoms with E-state index in [1.165, 1.54) is 38.4 Å². The van der Waals surface area contributed by atoms with E-state index in [4.69, 9.17) is 4.42 Å². The number of hydrogen-bond donors (Lipinski definition) is 0. The van der Waals surface area contributed by atoms with Crippen LogP contribution in [-0.4, -0.2) is 0 Å². The van der Waals surface area contributed by atoms with Crippen molar-refractivity contribution in [3.8, 4) is 33.4 Å². The summed E-state index contributed by atoms with van der Waals surface area (Å²) < 4.78 is 6.48. The first-order valence-electron chi connectivity index (χ1n) is 17.8. The Balaban J connectivity index is 1.09. The molecule has 0 saturated carbocycles. The summed E-state index contributed by atoms with van der Waals surface area (Å²) >= 11 is 0. The monoisotopic (exact) mass is 663 g/mol. The molecular formula is C50H33NO. The molecule has 0 spiro atoms. The largest absolute Gasteiger partial charge is 0.455 e. The van der Waals surface area contributed by atoms with Gasteiger partial charge in [0.25, 0.3) is 0 Å². The van der Waals surface area contributed by atoms with Crippen molar-refractivity contribution in [3.63, 3.8) is 0 Å². The molecule has 2 heteroatoms. The standard InChI is InChI=1S/C50H33NO/c1-2-10-34(11-3-1)36-18-20-37(21-19-36)38-22-27-42(28-23-38)51(43-29-24-35-12-4-5-14-40(35)32-43)48-17-9-8-15-44(48)41-26-31-49-47(33-41)46-30-25-39-13-6-7-16-45(39)50(46)52-49/h1-33H. The normalized spacial score (nSPS) is 11.5. The number of anilines is 3. The Kier molecular flexibility index (Phi) is 7.18. The van der Waals surface area contributed by atoms with Crippen molar-refractivity contribution >= 4 is 60.5 Å². The molecule has 0 amide bonds. The Labute approximate surface area is 302 Å². The second-order valence-electron chi connectivity index (χ2n) is 13.4. The lowest BCUT2D eigenvalue weighted by Gasteiger charge is -2.28. The van der Waals surface area contributed by atoms with E-state index in [9.17, 15) is 0 Å². The third kappa shape index (κ3) is 5.21. The number of rotatable bonds is 6. The van der Waals surface area contributed by atoms with Crippen LogP contribution in [0.2, 0.25) is 0 Å². The zero-order valence-electron chi connectivity index (χ0n) is 28.4. The molecule has 0 unspecified atom stereocenters. The van der Waals surface area contributed by atoms with Gasteiger partial charge in [-0.05, 0) is 92.5 Å². The van der Waals surface area contributed by atoms with Crippen molar-refractivity contribution in [2.75, 3.05) is 4.90 Å². The van der Waals surface area contributed by atoms with E-state index < -0.39 is 0 Å². The molecule has 2 nitrogen and oxygen atoms in total. The average Bonchev–Trinajstić information content (AvgIpc) is 3.60. The third-order valence-electron chi connectivity index (χ3n) is 10.3. The van der Waals surface area contributed by atoms with E-state index >= 15 is 0 Å². The van der Waals surface area contributed by atoms with Crippen LogP contribution < -0.4 is 4.90 Å². The molecule has 244 valence electrons. The van der Waals surface area contributed by atoms with Crippen LogP contribution >= 0.6 is 0 Å². The molecule has 10 aromatic rings. The highest BCUT2D eigenvalue weighted by Crippen LogP contribution is 2.44. The van der Waals surface area contributed by atoms with Crippen LogP contribution in [0, 0.1) is 0 Å². The molecule has 1 aromatic heterocycles. The van der Waals surface area contributed by atoms with Crippen LogP contribution in [0.3, 0.4) is 0 Å². The second kappa shape index (κ2) is 12.5. The minimum absolute atomic E-state index is 0.895. The molecule has 0 aliphatic carbocycles. The molecule has 0 saturated heterocycles. The quantitative estimate of drug-likeness (QED) is 0.176. The molecule has 0 aliphatic rings. The lowest BCUT2D eigenvalue weighted by molar-refractivity contribution is 0.672. The van der Waals surface area contributed by atoms with E-state index in [0.717, 1.165) is 55.5 Å². The molecule has 0 aliphatic heterocycles. The van der Waals surface area contributed by atoms with Gasteiger partial charge in [0, 0.05) is 33.1 Å². The van der Waals surface area contributed by atoms with Gasteiger partial charge in [-0.2, -0.15) is 0 Å². The number of nitrogens with zero attached hydrogens (tertiary/aromatic N) is 1. The van der Waals surface area contributed by atoms with Gasteiger partial charge in [-0.25, -0.2) is 0 Å². The van der Waals surface area contributed by atoms with Crippen LogP contribution in [0.15, 0.2) is 205 Å². The predicted molar refractivity (Wildman–Crippen MR) is 220 cm³/mol. The van der Waals surface area contributed by atoms with E-state index in [1.807, 2.05) is 0 Å². The van der Waals surface area contributed by atoms with Crippen molar-refractivity contribution in [1.29, 1.82) is 0 Å². The highest BCUT2D eigenvalue weighted by molar-refractivity contribution is 6.15. The summed E-state index contributed by atoms with van der Waals surface area (Å²) in [6, 6.07) is 71.7. The number of benzene rings is 9. The summed E-state index contributed by atoms with van der Waals surface area (Å²) in [6.45, 7) is 0. The first kappa shape index (κ1) is 30.0. The van der Waals surface area contributed by atoms with Gasteiger partial charge in [0.1, 0.15) is 11.2 Å². The maximum absolute atomic E-state index is 6.48. The van der Waals surface area contributed by atoms with E-state index in [2.05, 4.69) is 205 Å². The Hall–Kier alpha value is -6.90. The van der Waals surface area contributed by atoms with Gasteiger partial charge in [-0.15, -0.1) is 0 Å². The van der Waals surface area contributed by atoms with Crippen LogP contribution in [0.1, 0.15) is 0 Å². The van der Waals surface area contributed by atoms with E-state index in [1.54, 1.807) is 0 Å². The first-order valence-corrected chi connectivity index (χ1v) is 17.8. The summed E-state index contributed by atoms with van der Waals surface area (Å²) in [5.41, 5.74) is 12.2. The minimum atomic E-state index is 0.895. The van der Waals surface area contributed by atoms with Crippen molar-refractivity contribution in [2.45, 2.75) is 0 Å². The summed E-state index contributed by atoms with van der Waals surface area (Å²) in [7, 11) is 0. The number of furan rings is 1. The van der Waals surface area contributed by atoms with Gasteiger partial charge < -0.3 is 9.32 Å². The zero-order chi connectivity index (χ0) is 34.4. The van der Waals surface area contributed by atoms with E-state index in [0.29, 0.717) is 0 Å². The van der Waals surface area contributed by atoms with Crippen LogP contribution in [0.5, 0.6) is 0 Å². The Morgan fingerprint density at radius 2 is 0.904 bits per heavy atom. The van der Waals surface area contributed by atoms with Crippen molar-refractivity contribution in [3.05, 3.63) is 200 Å². The fraction of sp³-hybridized carbons (Fsp3) is 0. The van der Waals surface area contributed by atoms with E-state index in [-0.39, 0.29) is 0 Å². The molecule has 0 radical (unpaired) electrons. The number of para-hydroxylation sites is 1. The molecule has 9 aromatic carbocycles. The second-order valence-corrected chi connectivity index (χ2v) is 13.4. The molecule has 52 heavy (non-hydrogen) atoms. The lowest BCUT2D eigenvalue weighted by Crippen LogP contribution is -2.11. The summed E-state index contributed by atoms with van der Waals surface area (Å²) in [5.74, 6) is 0. The minimum Gasteiger partial charge on any atom is -0.455 e. The Morgan fingerprint density at radius 1 is 0.327 bits per heavy atom. The Bertz CT molecular complexity index is 2890. The van der Waals surface area contributed by atoms with Crippen molar-refractivity contribution in [1.82, 2.24) is 0 Å². The number of fused-ring (bicyclic) bond motifs is 6. The molecule has 0 fully saturated rings. The summed E-state index contributed by atoms with van der Waals surface area (Å²) in [4.78, 5) is 2.38. The van der Waals surface area contributed by atoms with Crippen molar-refractivity contribution in [2.24, 2.45) is 0 Å². The molecule has 0 atom stereocenters. The highest BCUT2D eigenvalue weighted by atomic mass is 16.3. The maximum atomic E-state index is 6.48. The van der Waals surface area contributed by atoms with Crippen LogP contribution in [-0.2, 0) is 0 Å². The zero-order valence-corrected chi connectivity index (χ0v) is 28.4.